The Morgan fingerprint density at radius 1 is 1.00 bits per heavy atom. The van der Waals surface area contributed by atoms with Crippen molar-refractivity contribution in [1.29, 1.82) is 0 Å². The van der Waals surface area contributed by atoms with Crippen molar-refractivity contribution >= 4 is 86.0 Å². The van der Waals surface area contributed by atoms with Gasteiger partial charge in [-0.15, -0.1) is 11.3 Å². The van der Waals surface area contributed by atoms with Gasteiger partial charge in [0.25, 0.3) is 16.0 Å². The molecule has 1 aromatic carbocycles. The number of benzene rings is 1. The summed E-state index contributed by atoms with van der Waals surface area (Å²) in [5.41, 5.74) is 14.0. The van der Waals surface area contributed by atoms with Gasteiger partial charge < -0.3 is 53.5 Å². The Labute approximate surface area is 412 Å². The number of anilines is 2. The quantitative estimate of drug-likeness (QED) is 0.0242. The molecule has 28 heteroatoms. The van der Waals surface area contributed by atoms with Crippen LogP contribution in [0, 0.1) is 44.1 Å². The summed E-state index contributed by atoms with van der Waals surface area (Å²) < 4.78 is 32.6. The predicted molar refractivity (Wildman–Crippen MR) is 232 cm³/mol. The minimum atomic E-state index is -4.47. The van der Waals surface area contributed by atoms with Crippen LogP contribution >= 0.6 is 11.3 Å². The smallest absolute Gasteiger partial charge is 0.305 e. The minimum Gasteiger partial charge on any atom is -0.481 e. The van der Waals surface area contributed by atoms with Crippen molar-refractivity contribution in [3.63, 3.8) is 0 Å². The van der Waals surface area contributed by atoms with Crippen molar-refractivity contribution in [1.82, 2.24) is 36.1 Å². The summed E-state index contributed by atoms with van der Waals surface area (Å²) in [6, 6.07) is 4.73. The van der Waals surface area contributed by atoms with Crippen molar-refractivity contribution in [2.75, 3.05) is 37.4 Å². The summed E-state index contributed by atoms with van der Waals surface area (Å²) in [5.74, 6) is -5.58. The predicted octanol–water partition coefficient (Wildman–Crippen LogP) is -2.06. The number of amides is 6. The van der Waals surface area contributed by atoms with Crippen LogP contribution in [0.1, 0.15) is 60.1 Å². The first-order valence-electron chi connectivity index (χ1n) is 19.2. The van der Waals surface area contributed by atoms with E-state index in [1.54, 1.807) is 6.07 Å². The first-order valence-corrected chi connectivity index (χ1v) is 21.5. The van der Waals surface area contributed by atoms with E-state index in [0.29, 0.717) is 12.8 Å². The number of nitrogens with one attached hydrogen (secondary N) is 6. The summed E-state index contributed by atoms with van der Waals surface area (Å²) in [5, 5.41) is 27.4. The number of carbonyl (C=O) groups is 7. The Hall–Kier alpha value is -5.66. The number of guanidine groups is 1. The summed E-state index contributed by atoms with van der Waals surface area (Å²) in [6.07, 6.45) is 2.38. The monoisotopic (exact) mass is 1160 g/mol. The standard InChI is InChI=1S/C37H47N13O11S2.Ac.H2O/c1-50-26(9-6-14-41-36(38)39)34(57)43-19-30(52)47-25(16-31(53)54)33(56)48-37-45-23(20-62-37)15-29(51)46-24(35(50)58)8-4-5-13-40-32(55)22-11-12-28(42-17-22)49-44-18-21-7-2-3-10-27(21)63(59,60)61;;/h2-3,7,10-12,17-18,20,24-26H,4-6,8-9,13-16,19H2,1H3,(H,40,55)(H,42,49)(H,43,57)(H,46,51)(H,47,52)(H,53,54)(H4,38,39,41)(H,45,48,56)(H,59,60,61);;1H2/t24-,25+,26+;;/m1../s1. The Bertz CT molecular complexity index is 2330. The first-order chi connectivity index (χ1) is 29.9. The van der Waals surface area contributed by atoms with Gasteiger partial charge in [0.2, 0.25) is 29.5 Å². The molecule has 3 atom stereocenters. The van der Waals surface area contributed by atoms with Gasteiger partial charge >= 0.3 is 5.97 Å². The Morgan fingerprint density at radius 3 is 2.40 bits per heavy atom. The molecule has 6 amide bonds. The van der Waals surface area contributed by atoms with Gasteiger partial charge in [-0.2, -0.15) is 13.5 Å². The number of aliphatic carboxylic acids is 1. The average molecular weight is 1160 g/mol. The van der Waals surface area contributed by atoms with Gasteiger partial charge in [0.15, 0.2) is 11.1 Å². The number of nitrogens with two attached hydrogens (primary N) is 2. The number of carboxylic acids is 1. The zero-order chi connectivity index (χ0) is 46.1. The topological polar surface area (TPSA) is 404 Å². The molecular weight excluding hydrogens is 1110 g/mol. The van der Waals surface area contributed by atoms with E-state index >= 15 is 0 Å². The fourth-order valence-corrected chi connectivity index (χ4v) is 7.36. The van der Waals surface area contributed by atoms with Crippen molar-refractivity contribution < 1.29 is 101 Å². The third-order valence-electron chi connectivity index (χ3n) is 9.07. The summed E-state index contributed by atoms with van der Waals surface area (Å²) in [6.45, 7) is -0.407. The average Bonchev–Trinajstić information content (AvgIpc) is 3.66. The molecule has 3 heterocycles. The van der Waals surface area contributed by atoms with Crippen LogP contribution in [0.15, 0.2) is 63.0 Å². The second kappa shape index (κ2) is 27.0. The second-order valence-corrected chi connectivity index (χ2v) is 16.1. The van der Waals surface area contributed by atoms with Gasteiger partial charge in [-0.05, 0) is 50.3 Å². The zero-order valence-electron chi connectivity index (χ0n) is 34.9. The zero-order valence-corrected chi connectivity index (χ0v) is 41.2. The first kappa shape index (κ1) is 55.5. The van der Waals surface area contributed by atoms with Gasteiger partial charge in [-0.3, -0.25) is 48.5 Å². The van der Waals surface area contributed by atoms with E-state index in [2.05, 4.69) is 52.1 Å². The number of aromatic nitrogens is 2. The summed E-state index contributed by atoms with van der Waals surface area (Å²) in [4.78, 5) is 104. The van der Waals surface area contributed by atoms with E-state index in [9.17, 15) is 51.6 Å². The molecule has 65 heavy (non-hydrogen) atoms. The number of unbranched alkanes of at least 4 members (excludes halogenated alkanes) is 1. The number of rotatable bonds is 16. The van der Waals surface area contributed by atoms with Crippen LogP contribution in [0.2, 0.25) is 0 Å². The number of fused-ring (bicyclic) bond motifs is 2. The molecule has 4 rings (SSSR count). The van der Waals surface area contributed by atoms with Crippen molar-refractivity contribution in [2.24, 2.45) is 21.6 Å². The van der Waals surface area contributed by atoms with Gasteiger partial charge in [-0.25, -0.2) is 9.97 Å². The maximum absolute atomic E-state index is 14.1. The molecule has 0 unspecified atom stereocenters. The van der Waals surface area contributed by atoms with Crippen LogP contribution in [0.3, 0.4) is 0 Å². The molecule has 349 valence electrons. The number of carboxylic acid groups (broad SMARTS) is 1. The molecule has 14 N–H and O–H groups in total. The van der Waals surface area contributed by atoms with Crippen molar-refractivity contribution in [3.05, 3.63) is 64.8 Å². The number of likely N-dealkylation sites (N-methyl/N-ethyl adjacent to an activating group) is 1. The molecule has 0 aliphatic carbocycles. The van der Waals surface area contributed by atoms with Crippen molar-refractivity contribution in [2.45, 2.75) is 68.0 Å². The van der Waals surface area contributed by atoms with Crippen LogP contribution in [-0.4, -0.2) is 137 Å². The van der Waals surface area contributed by atoms with E-state index in [1.165, 1.54) is 55.2 Å². The molecule has 0 saturated heterocycles. The Kier molecular flexibility index (Phi) is 23.0. The van der Waals surface area contributed by atoms with E-state index < -0.39 is 82.6 Å². The second-order valence-electron chi connectivity index (χ2n) is 13.8. The molecule has 0 spiro atoms. The normalized spacial score (nSPS) is 17.4. The SMILES string of the molecule is CN1C(=O)[C@@H](CCCCNC(=O)c2ccc(NN=Cc3ccccc3S(=O)(=O)O)nc2)NC(=O)Cc2csc(n2)NC(=O)[C@H](CC(=O)O)NC(=O)CNC(=O)[C@@H]1CCCN=C(N)N.O.[Ac]. The number of carbonyl (C=O) groups excluding carboxylic acids is 6. The van der Waals surface area contributed by atoms with E-state index in [0.717, 1.165) is 16.2 Å². The summed E-state index contributed by atoms with van der Waals surface area (Å²) in [7, 11) is -3.12. The van der Waals surface area contributed by atoms with Gasteiger partial charge in [-0.1, -0.05) is 18.2 Å². The Balaban J connectivity index is 0.00000726. The number of hydrazone groups is 1. The molecule has 1 aliphatic rings. The van der Waals surface area contributed by atoms with Crippen molar-refractivity contribution in [3.8, 4) is 0 Å². The third kappa shape index (κ3) is 18.4. The molecule has 2 bridgehead atoms. The number of aliphatic imine (C=N–C) groups is 1. The third-order valence-corrected chi connectivity index (χ3v) is 10.8. The fourth-order valence-electron chi connectivity index (χ4n) is 5.97. The van der Waals surface area contributed by atoms with Gasteiger partial charge in [0.05, 0.1) is 36.9 Å². The van der Waals surface area contributed by atoms with E-state index in [-0.39, 0.29) is 127 Å². The molecule has 1 radical (unpaired) electrons. The van der Waals surface area contributed by atoms with Crippen LogP contribution in [-0.2, 0) is 45.3 Å². The molecule has 25 nitrogen and oxygen atoms in total. The Morgan fingerprint density at radius 2 is 1.72 bits per heavy atom. The van der Waals surface area contributed by atoms with Crippen LogP contribution in [0.25, 0.3) is 0 Å². The van der Waals surface area contributed by atoms with Crippen LogP contribution < -0.4 is 43.5 Å². The number of hydrogen-bond acceptors (Lipinski definition) is 15. The largest absolute Gasteiger partial charge is 0.481 e. The number of thiazole rings is 1. The summed E-state index contributed by atoms with van der Waals surface area (Å²) >= 11 is 0.950. The van der Waals surface area contributed by atoms with E-state index in [1.807, 2.05) is 0 Å². The van der Waals surface area contributed by atoms with Crippen LogP contribution in [0.4, 0.5) is 10.9 Å². The molecular formula is C37H49AcN13O12S2. The number of pyridine rings is 1. The molecule has 1 aliphatic heterocycles. The van der Waals surface area contributed by atoms with Gasteiger partial charge in [0, 0.05) is 81.3 Å². The van der Waals surface area contributed by atoms with E-state index in [4.69, 9.17) is 11.5 Å². The number of hydrogen-bond donors (Lipinski definition) is 10. The van der Waals surface area contributed by atoms with Crippen LogP contribution in [0.5, 0.6) is 0 Å². The molecule has 3 aromatic rings. The molecule has 0 saturated carbocycles. The minimum absolute atomic E-state index is 0. The molecule has 2 aromatic heterocycles. The number of nitrogens with zero attached hydrogens (tertiary/aromatic N) is 5. The maximum Gasteiger partial charge on any atom is 0.305 e. The van der Waals surface area contributed by atoms with Gasteiger partial charge in [0.1, 0.15) is 28.8 Å². The maximum atomic E-state index is 14.1. The molecule has 0 fully saturated rings. The fraction of sp³-hybridized carbons (Fsp3) is 0.378.